The summed E-state index contributed by atoms with van der Waals surface area (Å²) in [6, 6.07) is 5.39. The Kier molecular flexibility index (Phi) is 3.23. The number of phenolic OH excluding ortho intramolecular Hbond substituents is 1. The zero-order valence-electron chi connectivity index (χ0n) is 11.1. The fraction of sp³-hybridized carbons (Fsp3) is 0.467. The van der Waals surface area contributed by atoms with Gasteiger partial charge in [-0.1, -0.05) is 36.0 Å². The standard InChI is InChI=1S/C15H18N2O2/c1-10-7-8-13(18)12(9-10)15-16-14(17-19-15)11-5-3-2-4-6-11/h7-9,11,18H,2-6H2,1H3. The van der Waals surface area contributed by atoms with E-state index in [1.165, 1.54) is 19.3 Å². The summed E-state index contributed by atoms with van der Waals surface area (Å²) >= 11 is 0. The van der Waals surface area contributed by atoms with Gasteiger partial charge >= 0.3 is 0 Å². The fourth-order valence-corrected chi connectivity index (χ4v) is 2.69. The van der Waals surface area contributed by atoms with Gasteiger partial charge in [-0.25, -0.2) is 0 Å². The molecule has 0 aliphatic heterocycles. The summed E-state index contributed by atoms with van der Waals surface area (Å²) in [5.74, 6) is 1.81. The first-order valence-electron chi connectivity index (χ1n) is 6.87. The highest BCUT2D eigenvalue weighted by Crippen LogP contribution is 2.34. The van der Waals surface area contributed by atoms with Crippen LogP contribution in [0, 0.1) is 6.92 Å². The molecule has 19 heavy (non-hydrogen) atoms. The number of benzene rings is 1. The highest BCUT2D eigenvalue weighted by Gasteiger charge is 2.22. The quantitative estimate of drug-likeness (QED) is 0.890. The molecule has 0 atom stereocenters. The second-order valence-corrected chi connectivity index (χ2v) is 5.31. The summed E-state index contributed by atoms with van der Waals surface area (Å²) in [5, 5.41) is 14.0. The molecule has 1 aliphatic carbocycles. The lowest BCUT2D eigenvalue weighted by Gasteiger charge is -2.17. The van der Waals surface area contributed by atoms with Crippen LogP contribution >= 0.6 is 0 Å². The highest BCUT2D eigenvalue weighted by molar-refractivity contribution is 5.63. The van der Waals surface area contributed by atoms with Crippen molar-refractivity contribution >= 4 is 0 Å². The molecule has 0 saturated heterocycles. The molecule has 100 valence electrons. The van der Waals surface area contributed by atoms with Crippen molar-refractivity contribution in [1.29, 1.82) is 0 Å². The van der Waals surface area contributed by atoms with E-state index in [4.69, 9.17) is 4.52 Å². The Morgan fingerprint density at radius 3 is 2.79 bits per heavy atom. The minimum Gasteiger partial charge on any atom is -0.507 e. The molecular formula is C15H18N2O2. The van der Waals surface area contributed by atoms with Crippen LogP contribution in [0.15, 0.2) is 22.7 Å². The highest BCUT2D eigenvalue weighted by atomic mass is 16.5. The third kappa shape index (κ3) is 2.48. The van der Waals surface area contributed by atoms with Crippen molar-refractivity contribution in [2.24, 2.45) is 0 Å². The van der Waals surface area contributed by atoms with Crippen molar-refractivity contribution in [3.05, 3.63) is 29.6 Å². The average molecular weight is 258 g/mol. The van der Waals surface area contributed by atoms with Gasteiger partial charge < -0.3 is 9.63 Å². The van der Waals surface area contributed by atoms with E-state index in [-0.39, 0.29) is 5.75 Å². The van der Waals surface area contributed by atoms with E-state index in [9.17, 15) is 5.11 Å². The Labute approximate surface area is 112 Å². The van der Waals surface area contributed by atoms with Gasteiger partial charge in [-0.05, 0) is 31.9 Å². The number of rotatable bonds is 2. The topological polar surface area (TPSA) is 59.2 Å². The van der Waals surface area contributed by atoms with Gasteiger partial charge in [-0.2, -0.15) is 4.98 Å². The van der Waals surface area contributed by atoms with Crippen molar-refractivity contribution < 1.29 is 9.63 Å². The number of nitrogens with zero attached hydrogens (tertiary/aromatic N) is 2. The molecule has 4 heteroatoms. The Bertz CT molecular complexity index is 571. The number of aryl methyl sites for hydroxylation is 1. The van der Waals surface area contributed by atoms with E-state index in [0.717, 1.165) is 24.2 Å². The second-order valence-electron chi connectivity index (χ2n) is 5.31. The zero-order valence-corrected chi connectivity index (χ0v) is 11.1. The molecule has 1 fully saturated rings. The zero-order chi connectivity index (χ0) is 13.2. The van der Waals surface area contributed by atoms with Gasteiger partial charge in [0.15, 0.2) is 5.82 Å². The Morgan fingerprint density at radius 1 is 1.21 bits per heavy atom. The third-order valence-electron chi connectivity index (χ3n) is 3.79. The molecule has 1 aliphatic rings. The normalized spacial score (nSPS) is 16.7. The van der Waals surface area contributed by atoms with E-state index in [1.54, 1.807) is 6.07 Å². The molecule has 0 amide bonds. The molecule has 2 aromatic rings. The first-order chi connectivity index (χ1) is 9.24. The SMILES string of the molecule is Cc1ccc(O)c(-c2nc(C3CCCCC3)no2)c1. The van der Waals surface area contributed by atoms with Crippen LogP contribution in [0.25, 0.3) is 11.5 Å². The van der Waals surface area contributed by atoms with Crippen molar-refractivity contribution in [1.82, 2.24) is 10.1 Å². The van der Waals surface area contributed by atoms with E-state index < -0.39 is 0 Å². The van der Waals surface area contributed by atoms with E-state index in [1.807, 2.05) is 19.1 Å². The smallest absolute Gasteiger partial charge is 0.261 e. The molecule has 3 rings (SSSR count). The number of phenols is 1. The molecule has 0 unspecified atom stereocenters. The number of aromatic hydroxyl groups is 1. The van der Waals surface area contributed by atoms with Crippen molar-refractivity contribution in [3.8, 4) is 17.2 Å². The van der Waals surface area contributed by atoms with Gasteiger partial charge in [0.05, 0.1) is 5.56 Å². The fourth-order valence-electron chi connectivity index (χ4n) is 2.69. The predicted molar refractivity (Wildman–Crippen MR) is 72.0 cm³/mol. The molecule has 1 aromatic carbocycles. The Morgan fingerprint density at radius 2 is 2.00 bits per heavy atom. The largest absolute Gasteiger partial charge is 0.507 e. The maximum atomic E-state index is 9.88. The molecule has 1 N–H and O–H groups in total. The average Bonchev–Trinajstić information content (AvgIpc) is 2.92. The summed E-state index contributed by atoms with van der Waals surface area (Å²) < 4.78 is 5.32. The molecule has 1 saturated carbocycles. The molecular weight excluding hydrogens is 240 g/mol. The molecule has 0 bridgehead atoms. The summed E-state index contributed by atoms with van der Waals surface area (Å²) in [7, 11) is 0. The summed E-state index contributed by atoms with van der Waals surface area (Å²) in [5.41, 5.74) is 1.68. The van der Waals surface area contributed by atoms with Gasteiger partial charge in [0.1, 0.15) is 5.75 Å². The monoisotopic (exact) mass is 258 g/mol. The lowest BCUT2D eigenvalue weighted by Crippen LogP contribution is -2.06. The molecule has 1 heterocycles. The van der Waals surface area contributed by atoms with Crippen molar-refractivity contribution in [2.75, 3.05) is 0 Å². The Hall–Kier alpha value is -1.84. The van der Waals surface area contributed by atoms with Crippen LogP contribution in [0.2, 0.25) is 0 Å². The van der Waals surface area contributed by atoms with Gasteiger partial charge in [-0.3, -0.25) is 0 Å². The lowest BCUT2D eigenvalue weighted by atomic mass is 9.89. The Balaban J connectivity index is 1.89. The van der Waals surface area contributed by atoms with Gasteiger partial charge in [0.2, 0.25) is 0 Å². The molecule has 0 spiro atoms. The minimum absolute atomic E-state index is 0.185. The van der Waals surface area contributed by atoms with Crippen LogP contribution in [-0.2, 0) is 0 Å². The first-order valence-corrected chi connectivity index (χ1v) is 6.87. The van der Waals surface area contributed by atoms with Gasteiger partial charge in [0, 0.05) is 5.92 Å². The number of hydrogen-bond donors (Lipinski definition) is 1. The third-order valence-corrected chi connectivity index (χ3v) is 3.79. The van der Waals surface area contributed by atoms with Crippen LogP contribution in [0.5, 0.6) is 5.75 Å². The van der Waals surface area contributed by atoms with Crippen molar-refractivity contribution in [2.45, 2.75) is 44.9 Å². The van der Waals surface area contributed by atoms with Crippen LogP contribution in [0.3, 0.4) is 0 Å². The van der Waals surface area contributed by atoms with E-state index in [0.29, 0.717) is 17.4 Å². The lowest BCUT2D eigenvalue weighted by molar-refractivity contribution is 0.384. The summed E-state index contributed by atoms with van der Waals surface area (Å²) in [6.45, 7) is 1.97. The second kappa shape index (κ2) is 5.03. The maximum absolute atomic E-state index is 9.88. The number of aromatic nitrogens is 2. The van der Waals surface area contributed by atoms with Crippen LogP contribution in [-0.4, -0.2) is 15.2 Å². The minimum atomic E-state index is 0.185. The van der Waals surface area contributed by atoms with Gasteiger partial charge in [0.25, 0.3) is 5.89 Å². The summed E-state index contributed by atoms with van der Waals surface area (Å²) in [4.78, 5) is 4.47. The van der Waals surface area contributed by atoms with Gasteiger partial charge in [-0.15, -0.1) is 0 Å². The summed E-state index contributed by atoms with van der Waals surface area (Å²) in [6.07, 6.45) is 6.06. The van der Waals surface area contributed by atoms with E-state index in [2.05, 4.69) is 10.1 Å². The van der Waals surface area contributed by atoms with Crippen LogP contribution in [0.1, 0.15) is 49.4 Å². The molecule has 4 nitrogen and oxygen atoms in total. The number of hydrogen-bond acceptors (Lipinski definition) is 4. The first kappa shape index (κ1) is 12.2. The van der Waals surface area contributed by atoms with E-state index >= 15 is 0 Å². The predicted octanol–water partition coefficient (Wildman–Crippen LogP) is 3.80. The van der Waals surface area contributed by atoms with Crippen molar-refractivity contribution in [3.63, 3.8) is 0 Å². The molecule has 0 radical (unpaired) electrons. The van der Waals surface area contributed by atoms with Crippen LogP contribution in [0.4, 0.5) is 0 Å². The maximum Gasteiger partial charge on any atom is 0.261 e. The van der Waals surface area contributed by atoms with Crippen LogP contribution < -0.4 is 0 Å². The molecule has 1 aromatic heterocycles.